The number of hydrogen-bond acceptors (Lipinski definition) is 3. The molecule has 8 heavy (non-hydrogen) atoms. The molecule has 0 aliphatic heterocycles. The minimum atomic E-state index is -4.17. The maximum atomic E-state index is 9.56. The predicted molar refractivity (Wildman–Crippen MR) is 28.9 cm³/mol. The molecule has 0 saturated heterocycles. The Morgan fingerprint density at radius 3 is 2.00 bits per heavy atom. The summed E-state index contributed by atoms with van der Waals surface area (Å²) in [5, 5.41) is 0. The fourth-order valence-corrected chi connectivity index (χ4v) is 0.447. The normalized spacial score (nSPS) is 10.2. The molecule has 0 aliphatic carbocycles. The molecule has 0 aliphatic rings. The molecule has 4 nitrogen and oxygen atoms in total. The van der Waals surface area contributed by atoms with Crippen molar-refractivity contribution in [3.63, 3.8) is 0 Å². The molecular formula is C2H6CaO4S+2. The van der Waals surface area contributed by atoms with Gasteiger partial charge in [0.25, 0.3) is 0 Å². The van der Waals surface area contributed by atoms with Crippen LogP contribution in [0.5, 0.6) is 0 Å². The van der Waals surface area contributed by atoms with E-state index >= 15 is 0 Å². The smallest absolute Gasteiger partial charge is 0.264 e. The van der Waals surface area contributed by atoms with Gasteiger partial charge >= 0.3 is 48.1 Å². The van der Waals surface area contributed by atoms with Gasteiger partial charge in [-0.3, -0.25) is 4.55 Å². The van der Waals surface area contributed by atoms with Crippen LogP contribution in [0.15, 0.2) is 0 Å². The van der Waals surface area contributed by atoms with Gasteiger partial charge in [-0.25, -0.2) is 4.18 Å². The molecule has 0 aromatic rings. The first kappa shape index (κ1) is 11.9. The molecule has 0 aromatic heterocycles. The summed E-state index contributed by atoms with van der Waals surface area (Å²) in [4.78, 5) is 0. The van der Waals surface area contributed by atoms with Gasteiger partial charge in [-0.2, -0.15) is 8.42 Å². The van der Waals surface area contributed by atoms with E-state index in [1.165, 1.54) is 6.92 Å². The van der Waals surface area contributed by atoms with Crippen molar-refractivity contribution in [2.24, 2.45) is 0 Å². The van der Waals surface area contributed by atoms with Crippen molar-refractivity contribution in [2.45, 2.75) is 6.92 Å². The van der Waals surface area contributed by atoms with Gasteiger partial charge in [0, 0.05) is 0 Å². The first-order valence-electron chi connectivity index (χ1n) is 1.68. The van der Waals surface area contributed by atoms with Crippen molar-refractivity contribution in [3.8, 4) is 0 Å². The van der Waals surface area contributed by atoms with Crippen LogP contribution in [0.3, 0.4) is 0 Å². The summed E-state index contributed by atoms with van der Waals surface area (Å²) >= 11 is 0. The number of rotatable bonds is 2. The zero-order chi connectivity index (χ0) is 5.91. The van der Waals surface area contributed by atoms with E-state index in [1.54, 1.807) is 0 Å². The summed E-state index contributed by atoms with van der Waals surface area (Å²) in [5.74, 6) is 0. The van der Waals surface area contributed by atoms with Crippen LogP contribution in [0.1, 0.15) is 6.92 Å². The minimum Gasteiger partial charge on any atom is -0.264 e. The molecule has 0 fully saturated rings. The van der Waals surface area contributed by atoms with Gasteiger partial charge in [-0.15, -0.1) is 0 Å². The van der Waals surface area contributed by atoms with Crippen LogP contribution in [0.2, 0.25) is 0 Å². The molecule has 0 spiro atoms. The predicted octanol–water partition coefficient (Wildman–Crippen LogP) is -0.555. The summed E-state index contributed by atoms with van der Waals surface area (Å²) in [6.07, 6.45) is 0. The van der Waals surface area contributed by atoms with E-state index in [4.69, 9.17) is 4.55 Å². The molecule has 6 heteroatoms. The molecule has 1 N–H and O–H groups in total. The molecule has 0 amide bonds. The van der Waals surface area contributed by atoms with Crippen LogP contribution in [0, 0.1) is 0 Å². The minimum absolute atomic E-state index is 0. The summed E-state index contributed by atoms with van der Waals surface area (Å²) in [6, 6.07) is 0. The molecule has 0 radical (unpaired) electrons. The van der Waals surface area contributed by atoms with Crippen LogP contribution in [0.4, 0.5) is 0 Å². The second kappa shape index (κ2) is 4.96. The second-order valence-corrected chi connectivity index (χ2v) is 1.93. The van der Waals surface area contributed by atoms with E-state index in [2.05, 4.69) is 4.18 Å². The zero-order valence-electron chi connectivity index (χ0n) is 4.49. The van der Waals surface area contributed by atoms with E-state index in [1.807, 2.05) is 0 Å². The van der Waals surface area contributed by atoms with Gasteiger partial charge in [-0.05, 0) is 6.92 Å². The Hall–Kier alpha value is 1.13. The maximum absolute atomic E-state index is 9.56. The molecule has 44 valence electrons. The Kier molecular flexibility index (Phi) is 7.36. The van der Waals surface area contributed by atoms with Crippen molar-refractivity contribution in [1.82, 2.24) is 0 Å². The first-order chi connectivity index (χ1) is 3.06. The van der Waals surface area contributed by atoms with Crippen LogP contribution in [-0.4, -0.2) is 57.3 Å². The Morgan fingerprint density at radius 1 is 1.62 bits per heavy atom. The Balaban J connectivity index is 0. The quantitative estimate of drug-likeness (QED) is 0.441. The van der Waals surface area contributed by atoms with Crippen molar-refractivity contribution >= 4 is 48.1 Å². The van der Waals surface area contributed by atoms with Crippen molar-refractivity contribution in [3.05, 3.63) is 0 Å². The molecular weight excluding hydrogens is 160 g/mol. The fraction of sp³-hybridized carbons (Fsp3) is 1.00. The molecule has 0 heterocycles. The largest absolute Gasteiger partial charge is 2.00 e. The van der Waals surface area contributed by atoms with Gasteiger partial charge < -0.3 is 0 Å². The van der Waals surface area contributed by atoms with E-state index in [0.717, 1.165) is 0 Å². The average molecular weight is 166 g/mol. The van der Waals surface area contributed by atoms with Gasteiger partial charge in [0.2, 0.25) is 0 Å². The summed E-state index contributed by atoms with van der Waals surface area (Å²) in [6.45, 7) is 1.44. The third-order valence-electron chi connectivity index (χ3n) is 0.267. The van der Waals surface area contributed by atoms with Crippen LogP contribution in [0.25, 0.3) is 0 Å². The van der Waals surface area contributed by atoms with Gasteiger partial charge in [-0.1, -0.05) is 0 Å². The Labute approximate surface area is 78.2 Å². The van der Waals surface area contributed by atoms with E-state index in [9.17, 15) is 8.42 Å². The maximum Gasteiger partial charge on any atom is 2.00 e. The summed E-state index contributed by atoms with van der Waals surface area (Å²) in [7, 11) is -4.17. The summed E-state index contributed by atoms with van der Waals surface area (Å²) in [5.41, 5.74) is 0. The van der Waals surface area contributed by atoms with Gasteiger partial charge in [0.15, 0.2) is 0 Å². The van der Waals surface area contributed by atoms with E-state index in [-0.39, 0.29) is 44.3 Å². The van der Waals surface area contributed by atoms with E-state index in [0.29, 0.717) is 0 Å². The molecule has 0 rings (SSSR count). The Bertz CT molecular complexity index is 127. The number of hydrogen-bond donors (Lipinski definition) is 1. The third-order valence-corrected chi connectivity index (χ3v) is 0.800. The fourth-order valence-electron chi connectivity index (χ4n) is 0.149. The van der Waals surface area contributed by atoms with Crippen LogP contribution < -0.4 is 0 Å². The topological polar surface area (TPSA) is 63.6 Å². The SMILES string of the molecule is CCOS(=O)(=O)O.[Ca+2]. The molecule has 0 unspecified atom stereocenters. The molecule has 0 saturated carbocycles. The van der Waals surface area contributed by atoms with Crippen molar-refractivity contribution in [1.29, 1.82) is 0 Å². The molecule has 0 atom stereocenters. The second-order valence-electron chi connectivity index (χ2n) is 0.834. The van der Waals surface area contributed by atoms with Crippen molar-refractivity contribution < 1.29 is 17.2 Å². The zero-order valence-corrected chi connectivity index (χ0v) is 7.52. The Morgan fingerprint density at radius 2 is 2.00 bits per heavy atom. The van der Waals surface area contributed by atoms with Crippen molar-refractivity contribution in [2.75, 3.05) is 6.61 Å². The summed E-state index contributed by atoms with van der Waals surface area (Å²) < 4.78 is 30.7. The molecule has 0 aromatic carbocycles. The monoisotopic (exact) mass is 166 g/mol. The standard InChI is InChI=1S/C2H6O4S.Ca/c1-2-6-7(3,4)5;/h2H2,1H3,(H,3,4,5);/q;+2. The first-order valence-corrected chi connectivity index (χ1v) is 3.04. The third kappa shape index (κ3) is 10.2. The van der Waals surface area contributed by atoms with E-state index < -0.39 is 10.4 Å². The molecule has 0 bridgehead atoms. The van der Waals surface area contributed by atoms with Crippen LogP contribution in [-0.2, 0) is 14.6 Å². The average Bonchev–Trinajstić information content (AvgIpc) is 1.30. The van der Waals surface area contributed by atoms with Gasteiger partial charge in [0.1, 0.15) is 0 Å². The van der Waals surface area contributed by atoms with Gasteiger partial charge in [0.05, 0.1) is 6.61 Å². The van der Waals surface area contributed by atoms with Crippen LogP contribution >= 0.6 is 0 Å².